The van der Waals surface area contributed by atoms with Crippen LogP contribution in [-0.4, -0.2) is 11.5 Å². The Balaban J connectivity index is 1.90. The molecule has 0 bridgehead atoms. The van der Waals surface area contributed by atoms with Gasteiger partial charge in [0, 0.05) is 41.6 Å². The molecule has 1 aliphatic rings. The van der Waals surface area contributed by atoms with Gasteiger partial charge >= 0.3 is 0 Å². The van der Waals surface area contributed by atoms with E-state index in [0.29, 0.717) is 0 Å². The van der Waals surface area contributed by atoms with Crippen molar-refractivity contribution in [3.63, 3.8) is 0 Å². The lowest BCUT2D eigenvalue weighted by Crippen LogP contribution is -1.92. The highest BCUT2D eigenvalue weighted by atomic mass is 32.2. The molecule has 0 radical (unpaired) electrons. The summed E-state index contributed by atoms with van der Waals surface area (Å²) in [5, 5.41) is 9.08. The molecule has 0 saturated carbocycles. The quantitative estimate of drug-likeness (QED) is 0.330. The maximum absolute atomic E-state index is 2.32. The van der Waals surface area contributed by atoms with Crippen LogP contribution in [0.1, 0.15) is 0 Å². The number of benzene rings is 1. The van der Waals surface area contributed by atoms with E-state index < -0.39 is 7.53 Å². The van der Waals surface area contributed by atoms with Gasteiger partial charge in [-0.1, -0.05) is 50.0 Å². The molecule has 5 rings (SSSR count). The van der Waals surface area contributed by atoms with Crippen molar-refractivity contribution in [1.82, 2.24) is 0 Å². The molecule has 124 valence electrons. The second kappa shape index (κ2) is 7.02. The summed E-state index contributed by atoms with van der Waals surface area (Å²) >= 11 is 7.91. The third kappa shape index (κ3) is 2.85. The number of fused-ring (bicyclic) bond motifs is 1. The van der Waals surface area contributed by atoms with Gasteiger partial charge in [0.15, 0.2) is 0 Å². The number of rotatable bonds is 3. The van der Waals surface area contributed by atoms with Crippen LogP contribution in [0.25, 0.3) is 25.6 Å². The van der Waals surface area contributed by atoms with E-state index in [4.69, 9.17) is 0 Å². The minimum absolute atomic E-state index is 0.480. The molecule has 0 unspecified atom stereocenters. The summed E-state index contributed by atoms with van der Waals surface area (Å²) < 4.78 is 0. The van der Waals surface area contributed by atoms with Crippen LogP contribution in [0.5, 0.6) is 0 Å². The lowest BCUT2D eigenvalue weighted by Gasteiger charge is -2.13. The molecular weight excluding hydrogens is 399 g/mol. The minimum Gasteiger partial charge on any atom is -0.143 e. The van der Waals surface area contributed by atoms with Gasteiger partial charge in [-0.25, -0.2) is 0 Å². The Kier molecular flexibility index (Phi) is 4.57. The molecule has 0 atom stereocenters. The first-order valence-electron chi connectivity index (χ1n) is 8.11. The zero-order chi connectivity index (χ0) is 16.6. The van der Waals surface area contributed by atoms with Crippen LogP contribution in [-0.2, 0) is 0 Å². The average Bonchev–Trinajstić information content (AvgIpc) is 3.40. The van der Waals surface area contributed by atoms with Gasteiger partial charge in [-0.05, 0) is 28.2 Å². The summed E-state index contributed by atoms with van der Waals surface area (Å²) in [5.41, 5.74) is 0. The molecule has 0 nitrogen and oxygen atoms in total. The Hall–Kier alpha value is -0.900. The zero-order valence-corrected chi connectivity index (χ0v) is 17.5. The van der Waals surface area contributed by atoms with Gasteiger partial charge in [-0.3, -0.25) is 0 Å². The molecule has 4 heterocycles. The highest BCUT2D eigenvalue weighted by molar-refractivity contribution is 8.06. The molecular formula is C20H15PS4. The summed E-state index contributed by atoms with van der Waals surface area (Å²) in [6.07, 6.45) is 0. The maximum Gasteiger partial charge on any atom is 0.0397 e. The number of hydrogen-bond acceptors (Lipinski definition) is 4. The molecule has 0 amide bonds. The third-order valence-corrected chi connectivity index (χ3v) is 11.8. The van der Waals surface area contributed by atoms with Crippen molar-refractivity contribution in [3.8, 4) is 25.6 Å². The summed E-state index contributed by atoms with van der Waals surface area (Å²) in [6.45, 7) is 0. The van der Waals surface area contributed by atoms with E-state index in [9.17, 15) is 0 Å². The fourth-order valence-electron chi connectivity index (χ4n) is 3.19. The molecule has 0 fully saturated rings. The zero-order valence-electron chi connectivity index (χ0n) is 13.3. The van der Waals surface area contributed by atoms with Crippen LogP contribution < -0.4 is 0 Å². The number of thioether (sulfide) groups is 2. The molecule has 5 heteroatoms. The van der Waals surface area contributed by atoms with Gasteiger partial charge in [0.1, 0.15) is 0 Å². The van der Waals surface area contributed by atoms with Crippen LogP contribution in [0.3, 0.4) is 0 Å². The summed E-state index contributed by atoms with van der Waals surface area (Å²) in [6, 6.07) is 20.1. The Morgan fingerprint density at radius 3 is 1.68 bits per heavy atom. The SMILES string of the molecule is c1ccc(-p2c(-c3cccs3)c3c(c2-c2cccs2)SCCS3)cc1. The highest BCUT2D eigenvalue weighted by Crippen LogP contribution is 2.67. The first kappa shape index (κ1) is 16.3. The first-order valence-corrected chi connectivity index (χ1v) is 13.2. The molecule has 1 aliphatic heterocycles. The van der Waals surface area contributed by atoms with Gasteiger partial charge < -0.3 is 0 Å². The fraction of sp³-hybridized carbons (Fsp3) is 0.100. The lowest BCUT2D eigenvalue weighted by atomic mass is 10.3. The topological polar surface area (TPSA) is 0 Å². The van der Waals surface area contributed by atoms with Crippen molar-refractivity contribution < 1.29 is 0 Å². The van der Waals surface area contributed by atoms with Crippen LogP contribution in [0, 0.1) is 0 Å². The number of hydrogen-bond donors (Lipinski definition) is 0. The standard InChI is InChI=1S/C20H15PS4/c1-2-6-14(7-3-1)21-17(15-8-4-10-22-15)19-20(25-13-12-24-19)18(21)16-9-5-11-23-16/h1-11H,12-13H2. The molecule has 3 aromatic heterocycles. The lowest BCUT2D eigenvalue weighted by molar-refractivity contribution is 1.30. The van der Waals surface area contributed by atoms with Gasteiger partial charge in [-0.15, -0.1) is 46.2 Å². The predicted octanol–water partition coefficient (Wildman–Crippen LogP) is 8.32. The largest absolute Gasteiger partial charge is 0.143 e. The van der Waals surface area contributed by atoms with Crippen LogP contribution in [0.4, 0.5) is 0 Å². The van der Waals surface area contributed by atoms with Gasteiger partial charge in [0.05, 0.1) is 0 Å². The summed E-state index contributed by atoms with van der Waals surface area (Å²) in [7, 11) is -0.480. The van der Waals surface area contributed by atoms with E-state index in [1.54, 1.807) is 20.4 Å². The second-order valence-electron chi connectivity index (χ2n) is 5.68. The summed E-state index contributed by atoms with van der Waals surface area (Å²) in [5.74, 6) is 2.43. The van der Waals surface area contributed by atoms with E-state index in [-0.39, 0.29) is 0 Å². The normalized spacial score (nSPS) is 13.8. The van der Waals surface area contributed by atoms with Crippen molar-refractivity contribution in [1.29, 1.82) is 0 Å². The van der Waals surface area contributed by atoms with Crippen LogP contribution in [0.2, 0.25) is 0 Å². The second-order valence-corrected chi connectivity index (χ2v) is 11.9. The smallest absolute Gasteiger partial charge is 0.0397 e. The Morgan fingerprint density at radius 2 is 1.20 bits per heavy atom. The molecule has 0 aliphatic carbocycles. The molecule has 25 heavy (non-hydrogen) atoms. The van der Waals surface area contributed by atoms with Crippen molar-refractivity contribution >= 4 is 53.7 Å². The van der Waals surface area contributed by atoms with Crippen molar-refractivity contribution in [2.24, 2.45) is 0 Å². The first-order chi connectivity index (χ1) is 12.4. The van der Waals surface area contributed by atoms with Crippen LogP contribution >= 0.6 is 53.7 Å². The third-order valence-electron chi connectivity index (χ3n) is 4.18. The van der Waals surface area contributed by atoms with Crippen LogP contribution in [0.15, 0.2) is 75.1 Å². The van der Waals surface area contributed by atoms with E-state index in [1.807, 2.05) is 22.7 Å². The van der Waals surface area contributed by atoms with Crippen molar-refractivity contribution in [3.05, 3.63) is 65.4 Å². The fourth-order valence-corrected chi connectivity index (χ4v) is 11.4. The molecule has 1 aromatic carbocycles. The molecule has 0 N–H and O–H groups in total. The Labute approximate surface area is 165 Å². The van der Waals surface area contributed by atoms with Crippen molar-refractivity contribution in [2.45, 2.75) is 9.79 Å². The Morgan fingerprint density at radius 1 is 0.640 bits per heavy atom. The maximum atomic E-state index is 2.32. The van der Waals surface area contributed by atoms with E-state index in [2.05, 4.69) is 88.9 Å². The Bertz CT molecular complexity index is 921. The van der Waals surface area contributed by atoms with Gasteiger partial charge in [-0.2, -0.15) is 0 Å². The van der Waals surface area contributed by atoms with Gasteiger partial charge in [0.2, 0.25) is 0 Å². The van der Waals surface area contributed by atoms with E-state index >= 15 is 0 Å². The van der Waals surface area contributed by atoms with Gasteiger partial charge in [0.25, 0.3) is 0 Å². The summed E-state index contributed by atoms with van der Waals surface area (Å²) in [4.78, 5) is 6.00. The highest BCUT2D eigenvalue weighted by Gasteiger charge is 2.29. The van der Waals surface area contributed by atoms with E-state index in [1.165, 1.54) is 26.6 Å². The van der Waals surface area contributed by atoms with Crippen molar-refractivity contribution in [2.75, 3.05) is 11.5 Å². The van der Waals surface area contributed by atoms with E-state index in [0.717, 1.165) is 0 Å². The minimum atomic E-state index is -0.480. The molecule has 4 aromatic rings. The molecule has 0 saturated heterocycles. The average molecular weight is 415 g/mol. The monoisotopic (exact) mass is 414 g/mol. The molecule has 0 spiro atoms. The predicted molar refractivity (Wildman–Crippen MR) is 119 cm³/mol. The number of thiophene rings is 2.